The summed E-state index contributed by atoms with van der Waals surface area (Å²) in [4.78, 5) is 2.17. The van der Waals surface area contributed by atoms with Crippen LogP contribution in [-0.2, 0) is 6.54 Å². The fourth-order valence-corrected chi connectivity index (χ4v) is 2.75. The van der Waals surface area contributed by atoms with Gasteiger partial charge in [-0.05, 0) is 49.2 Å². The zero-order valence-electron chi connectivity index (χ0n) is 11.7. The maximum Gasteiger partial charge on any atom is 0.117 e. The molecule has 2 rings (SSSR count). The Kier molecular flexibility index (Phi) is 4.68. The molecule has 0 amide bonds. The number of aryl methyl sites for hydroxylation is 1. The summed E-state index contributed by atoms with van der Waals surface area (Å²) >= 11 is 3.48. The highest BCUT2D eigenvalue weighted by atomic mass is 79.9. The van der Waals surface area contributed by atoms with Gasteiger partial charge in [0, 0.05) is 35.0 Å². The number of rotatable bonds is 4. The van der Waals surface area contributed by atoms with Crippen LogP contribution in [-0.4, -0.2) is 11.7 Å². The lowest BCUT2D eigenvalue weighted by Crippen LogP contribution is -2.19. The van der Waals surface area contributed by atoms with Crippen molar-refractivity contribution in [2.45, 2.75) is 20.4 Å². The van der Waals surface area contributed by atoms with Gasteiger partial charge in [0.05, 0.1) is 0 Å². The van der Waals surface area contributed by atoms with Crippen molar-refractivity contribution >= 4 is 27.3 Å². The number of anilines is 2. The molecule has 0 saturated carbocycles. The van der Waals surface area contributed by atoms with E-state index in [9.17, 15) is 5.11 Å². The van der Waals surface area contributed by atoms with Gasteiger partial charge >= 0.3 is 0 Å². The van der Waals surface area contributed by atoms with Gasteiger partial charge in [-0.1, -0.05) is 22.0 Å². The average molecular weight is 335 g/mol. The highest BCUT2D eigenvalue weighted by Gasteiger charge is 2.14. The molecule has 0 bridgehead atoms. The molecule has 0 atom stereocenters. The molecule has 0 unspecified atom stereocenters. The van der Waals surface area contributed by atoms with Gasteiger partial charge in [-0.15, -0.1) is 0 Å². The molecule has 4 heteroatoms. The van der Waals surface area contributed by atoms with E-state index in [1.807, 2.05) is 25.1 Å². The van der Waals surface area contributed by atoms with E-state index in [-0.39, 0.29) is 5.75 Å². The lowest BCUT2D eigenvalue weighted by Gasteiger charge is -2.27. The number of nitrogens with two attached hydrogens (primary N) is 1. The monoisotopic (exact) mass is 334 g/mol. The molecule has 0 aliphatic heterocycles. The second-order valence-electron chi connectivity index (χ2n) is 4.69. The van der Waals surface area contributed by atoms with Crippen LogP contribution in [0.4, 0.5) is 11.4 Å². The van der Waals surface area contributed by atoms with Crippen molar-refractivity contribution in [1.29, 1.82) is 0 Å². The number of benzene rings is 2. The van der Waals surface area contributed by atoms with Crippen LogP contribution in [0.1, 0.15) is 18.1 Å². The topological polar surface area (TPSA) is 49.5 Å². The van der Waals surface area contributed by atoms with Crippen LogP contribution in [0, 0.1) is 6.92 Å². The van der Waals surface area contributed by atoms with Crippen molar-refractivity contribution in [3.63, 3.8) is 0 Å². The van der Waals surface area contributed by atoms with Gasteiger partial charge in [0.2, 0.25) is 0 Å². The summed E-state index contributed by atoms with van der Waals surface area (Å²) in [6, 6.07) is 11.5. The molecule has 0 aliphatic rings. The number of aromatic hydroxyl groups is 1. The van der Waals surface area contributed by atoms with Crippen molar-refractivity contribution in [3.05, 3.63) is 52.0 Å². The molecule has 2 aromatic rings. The van der Waals surface area contributed by atoms with Crippen LogP contribution in [0.3, 0.4) is 0 Å². The lowest BCUT2D eigenvalue weighted by molar-refractivity contribution is 0.475. The lowest BCUT2D eigenvalue weighted by atomic mass is 10.1. The Bertz CT molecular complexity index is 613. The average Bonchev–Trinajstić information content (AvgIpc) is 2.44. The first-order valence-electron chi connectivity index (χ1n) is 6.62. The first-order chi connectivity index (χ1) is 9.56. The fourth-order valence-electron chi connectivity index (χ4n) is 2.34. The van der Waals surface area contributed by atoms with Gasteiger partial charge < -0.3 is 15.7 Å². The molecule has 0 saturated heterocycles. The summed E-state index contributed by atoms with van der Waals surface area (Å²) in [7, 11) is 0. The minimum atomic E-state index is 0.274. The number of hydrogen-bond donors (Lipinski definition) is 2. The largest absolute Gasteiger partial charge is 0.508 e. The third kappa shape index (κ3) is 2.97. The predicted molar refractivity (Wildman–Crippen MR) is 87.6 cm³/mol. The maximum atomic E-state index is 9.74. The molecular weight excluding hydrogens is 316 g/mol. The Morgan fingerprint density at radius 3 is 2.55 bits per heavy atom. The van der Waals surface area contributed by atoms with Gasteiger partial charge in [0.25, 0.3) is 0 Å². The van der Waals surface area contributed by atoms with Crippen molar-refractivity contribution in [2.75, 3.05) is 11.4 Å². The molecule has 0 aromatic heterocycles. The van der Waals surface area contributed by atoms with E-state index in [1.54, 1.807) is 12.1 Å². The summed E-state index contributed by atoms with van der Waals surface area (Å²) in [5.74, 6) is 0.274. The van der Waals surface area contributed by atoms with Gasteiger partial charge in [-0.3, -0.25) is 0 Å². The van der Waals surface area contributed by atoms with Gasteiger partial charge in [-0.2, -0.15) is 0 Å². The van der Waals surface area contributed by atoms with Crippen molar-refractivity contribution in [2.24, 2.45) is 5.73 Å². The van der Waals surface area contributed by atoms with Crippen molar-refractivity contribution in [3.8, 4) is 5.75 Å². The van der Waals surface area contributed by atoms with Crippen LogP contribution in [0.25, 0.3) is 0 Å². The third-order valence-corrected chi connectivity index (χ3v) is 3.85. The molecule has 0 heterocycles. The summed E-state index contributed by atoms with van der Waals surface area (Å²) in [5, 5.41) is 9.74. The summed E-state index contributed by atoms with van der Waals surface area (Å²) in [6.45, 7) is 5.41. The first-order valence-corrected chi connectivity index (χ1v) is 7.41. The zero-order valence-corrected chi connectivity index (χ0v) is 13.3. The van der Waals surface area contributed by atoms with Gasteiger partial charge in [-0.25, -0.2) is 0 Å². The van der Waals surface area contributed by atoms with Crippen LogP contribution in [0.5, 0.6) is 5.75 Å². The molecule has 0 radical (unpaired) electrons. The van der Waals surface area contributed by atoms with Crippen LogP contribution in [0.2, 0.25) is 0 Å². The van der Waals surface area contributed by atoms with E-state index in [1.165, 1.54) is 0 Å². The molecule has 0 aliphatic carbocycles. The first kappa shape index (κ1) is 14.9. The Morgan fingerprint density at radius 1 is 1.15 bits per heavy atom. The highest BCUT2D eigenvalue weighted by molar-refractivity contribution is 9.10. The SMILES string of the molecule is CCN(c1cc(O)ccc1C)c1ccc(Br)cc1CN. The standard InChI is InChI=1S/C16H19BrN2O/c1-3-19(16-9-14(20)6-4-11(16)2)15-7-5-13(17)8-12(15)10-18/h4-9,20H,3,10,18H2,1-2H3. The minimum absolute atomic E-state index is 0.274. The maximum absolute atomic E-state index is 9.74. The van der Waals surface area contributed by atoms with E-state index >= 15 is 0 Å². The van der Waals surface area contributed by atoms with Crippen LogP contribution < -0.4 is 10.6 Å². The normalized spacial score (nSPS) is 10.6. The summed E-state index contributed by atoms with van der Waals surface area (Å²) < 4.78 is 1.02. The minimum Gasteiger partial charge on any atom is -0.508 e. The smallest absolute Gasteiger partial charge is 0.117 e. The van der Waals surface area contributed by atoms with E-state index in [2.05, 4.69) is 33.8 Å². The number of nitrogens with zero attached hydrogens (tertiary/aromatic N) is 1. The molecule has 3 nitrogen and oxygen atoms in total. The van der Waals surface area contributed by atoms with Crippen molar-refractivity contribution < 1.29 is 5.11 Å². The molecule has 0 fully saturated rings. The highest BCUT2D eigenvalue weighted by Crippen LogP contribution is 2.34. The van der Waals surface area contributed by atoms with Gasteiger partial charge in [0.1, 0.15) is 5.75 Å². The van der Waals surface area contributed by atoms with Crippen LogP contribution in [0.15, 0.2) is 40.9 Å². The van der Waals surface area contributed by atoms with E-state index in [4.69, 9.17) is 5.73 Å². The van der Waals surface area contributed by atoms with Crippen molar-refractivity contribution in [1.82, 2.24) is 0 Å². The second-order valence-corrected chi connectivity index (χ2v) is 5.61. The summed E-state index contributed by atoms with van der Waals surface area (Å²) in [5.41, 5.74) is 10.1. The molecule has 2 aromatic carbocycles. The Labute approximate surface area is 128 Å². The fraction of sp³-hybridized carbons (Fsp3) is 0.250. The molecule has 3 N–H and O–H groups in total. The molecule has 0 spiro atoms. The Balaban J connectivity index is 2.55. The van der Waals surface area contributed by atoms with E-state index in [0.29, 0.717) is 6.54 Å². The Hall–Kier alpha value is -1.52. The molecule has 20 heavy (non-hydrogen) atoms. The zero-order chi connectivity index (χ0) is 14.7. The summed E-state index contributed by atoms with van der Waals surface area (Å²) in [6.07, 6.45) is 0. The van der Waals surface area contributed by atoms with Gasteiger partial charge in [0.15, 0.2) is 0 Å². The number of phenols is 1. The Morgan fingerprint density at radius 2 is 1.90 bits per heavy atom. The number of phenolic OH excluding ortho intramolecular Hbond substituents is 1. The third-order valence-electron chi connectivity index (χ3n) is 3.35. The number of hydrogen-bond acceptors (Lipinski definition) is 3. The molecular formula is C16H19BrN2O. The van der Waals surface area contributed by atoms with E-state index in [0.717, 1.165) is 33.5 Å². The quantitative estimate of drug-likeness (QED) is 0.885. The second kappa shape index (κ2) is 6.29. The molecule has 106 valence electrons. The number of halogens is 1. The predicted octanol–water partition coefficient (Wildman–Crippen LogP) is 4.08. The van der Waals surface area contributed by atoms with Crippen LogP contribution >= 0.6 is 15.9 Å². The van der Waals surface area contributed by atoms with E-state index < -0.39 is 0 Å².